The number of amides is 2. The first-order valence-electron chi connectivity index (χ1n) is 7.66. The molecule has 1 atom stereocenters. The van der Waals surface area contributed by atoms with Crippen LogP contribution in [0.25, 0.3) is 0 Å². The van der Waals surface area contributed by atoms with Gasteiger partial charge in [0.25, 0.3) is 0 Å². The van der Waals surface area contributed by atoms with Crippen LogP contribution in [0.4, 0.5) is 0 Å². The lowest BCUT2D eigenvalue weighted by Gasteiger charge is -2.29. The van der Waals surface area contributed by atoms with Crippen LogP contribution in [-0.4, -0.2) is 50.4 Å². The van der Waals surface area contributed by atoms with E-state index in [-0.39, 0.29) is 30.8 Å². The molecule has 0 radical (unpaired) electrons. The van der Waals surface area contributed by atoms with Crippen LogP contribution in [0.1, 0.15) is 25.3 Å². The van der Waals surface area contributed by atoms with Crippen molar-refractivity contribution in [2.75, 3.05) is 33.7 Å². The molecule has 1 rings (SSSR count). The van der Waals surface area contributed by atoms with Crippen LogP contribution in [0.15, 0.2) is 30.3 Å². The van der Waals surface area contributed by atoms with Gasteiger partial charge in [0.2, 0.25) is 11.8 Å². The van der Waals surface area contributed by atoms with Gasteiger partial charge in [0.15, 0.2) is 0 Å². The normalized spacial score (nSPS) is 12.3. The molecule has 5 nitrogen and oxygen atoms in total. The van der Waals surface area contributed by atoms with Crippen LogP contribution >= 0.6 is 0 Å². The van der Waals surface area contributed by atoms with Gasteiger partial charge < -0.3 is 10.6 Å². The maximum Gasteiger partial charge on any atom is 0.233 e. The van der Waals surface area contributed by atoms with Gasteiger partial charge in [0.1, 0.15) is 0 Å². The fourth-order valence-corrected chi connectivity index (χ4v) is 2.43. The molecule has 0 aliphatic carbocycles. The van der Waals surface area contributed by atoms with Gasteiger partial charge >= 0.3 is 0 Å². The van der Waals surface area contributed by atoms with Crippen molar-refractivity contribution in [3.05, 3.63) is 35.9 Å². The molecule has 0 unspecified atom stereocenters. The fourth-order valence-electron chi connectivity index (χ4n) is 2.43. The Labute approximate surface area is 133 Å². The van der Waals surface area contributed by atoms with E-state index < -0.39 is 0 Å². The van der Waals surface area contributed by atoms with E-state index in [1.54, 1.807) is 14.1 Å². The number of nitrogens with one attached hydrogen (secondary N) is 2. The zero-order valence-corrected chi connectivity index (χ0v) is 13.9. The second-order valence-corrected chi connectivity index (χ2v) is 5.78. The molecule has 0 aliphatic rings. The van der Waals surface area contributed by atoms with E-state index in [0.717, 1.165) is 0 Å². The van der Waals surface area contributed by atoms with Crippen LogP contribution in [0.2, 0.25) is 0 Å². The quantitative estimate of drug-likeness (QED) is 0.759. The van der Waals surface area contributed by atoms with E-state index in [1.165, 1.54) is 5.56 Å². The van der Waals surface area contributed by atoms with Crippen molar-refractivity contribution >= 4 is 11.8 Å². The molecule has 0 saturated carbocycles. The SMILES string of the molecule is CNC(=O)CN(CC(=O)NC)C[C@@H](c1ccccc1)C(C)C. The molecule has 0 bridgehead atoms. The Hall–Kier alpha value is -1.88. The first-order valence-corrected chi connectivity index (χ1v) is 7.66. The molecule has 1 aromatic rings. The Morgan fingerprint density at radius 1 is 1.00 bits per heavy atom. The smallest absolute Gasteiger partial charge is 0.233 e. The first kappa shape index (κ1) is 18.2. The van der Waals surface area contributed by atoms with Crippen LogP contribution < -0.4 is 10.6 Å². The molecular formula is C17H27N3O2. The van der Waals surface area contributed by atoms with Crippen LogP contribution in [0.5, 0.6) is 0 Å². The largest absolute Gasteiger partial charge is 0.358 e. The summed E-state index contributed by atoms with van der Waals surface area (Å²) < 4.78 is 0. The van der Waals surface area contributed by atoms with Crippen LogP contribution in [0, 0.1) is 5.92 Å². The molecule has 0 saturated heterocycles. The zero-order chi connectivity index (χ0) is 16.5. The predicted octanol–water partition coefficient (Wildman–Crippen LogP) is 1.22. The summed E-state index contributed by atoms with van der Waals surface area (Å²) in [6, 6.07) is 10.2. The molecule has 22 heavy (non-hydrogen) atoms. The van der Waals surface area contributed by atoms with E-state index in [4.69, 9.17) is 0 Å². The number of carbonyl (C=O) groups is 2. The van der Waals surface area contributed by atoms with E-state index in [0.29, 0.717) is 12.5 Å². The Balaban J connectivity index is 2.87. The van der Waals surface area contributed by atoms with Gasteiger partial charge in [-0.1, -0.05) is 44.2 Å². The fraction of sp³-hybridized carbons (Fsp3) is 0.529. The third-order valence-corrected chi connectivity index (χ3v) is 3.78. The first-order chi connectivity index (χ1) is 10.5. The molecule has 0 spiro atoms. The minimum atomic E-state index is -0.0838. The maximum absolute atomic E-state index is 11.7. The van der Waals surface area contributed by atoms with Crippen molar-refractivity contribution in [2.24, 2.45) is 5.92 Å². The molecule has 5 heteroatoms. The lowest BCUT2D eigenvalue weighted by molar-refractivity contribution is -0.124. The molecule has 1 aromatic carbocycles. The van der Waals surface area contributed by atoms with Crippen molar-refractivity contribution in [3.8, 4) is 0 Å². The average molecular weight is 305 g/mol. The molecule has 0 aromatic heterocycles. The number of benzene rings is 1. The van der Waals surface area contributed by atoms with Gasteiger partial charge in [0.05, 0.1) is 13.1 Å². The van der Waals surface area contributed by atoms with Crippen molar-refractivity contribution in [3.63, 3.8) is 0 Å². The van der Waals surface area contributed by atoms with Crippen LogP contribution in [0.3, 0.4) is 0 Å². The average Bonchev–Trinajstić information content (AvgIpc) is 2.52. The summed E-state index contributed by atoms with van der Waals surface area (Å²) in [6.45, 7) is 5.44. The standard InChI is InChI=1S/C17H27N3O2/c1-13(2)15(14-8-6-5-7-9-14)10-20(11-16(21)18-3)12-17(22)19-4/h5-9,13,15H,10-12H2,1-4H3,(H,18,21)(H,19,22)/t15-/m1/s1. The Morgan fingerprint density at radius 3 is 1.91 bits per heavy atom. The molecule has 0 fully saturated rings. The summed E-state index contributed by atoms with van der Waals surface area (Å²) in [6.07, 6.45) is 0. The Bertz CT molecular complexity index is 456. The van der Waals surface area contributed by atoms with Gasteiger partial charge in [-0.3, -0.25) is 14.5 Å². The second kappa shape index (κ2) is 9.20. The lowest BCUT2D eigenvalue weighted by Crippen LogP contribution is -2.43. The van der Waals surface area contributed by atoms with Gasteiger partial charge in [-0.05, 0) is 17.4 Å². The highest BCUT2D eigenvalue weighted by Gasteiger charge is 2.22. The van der Waals surface area contributed by atoms with Crippen molar-refractivity contribution in [1.82, 2.24) is 15.5 Å². The summed E-state index contributed by atoms with van der Waals surface area (Å²) in [5.41, 5.74) is 1.23. The summed E-state index contributed by atoms with van der Waals surface area (Å²) in [5, 5.41) is 5.23. The van der Waals surface area contributed by atoms with E-state index in [1.807, 2.05) is 23.1 Å². The third-order valence-electron chi connectivity index (χ3n) is 3.78. The molecular weight excluding hydrogens is 278 g/mol. The summed E-state index contributed by atoms with van der Waals surface area (Å²) >= 11 is 0. The number of nitrogens with zero attached hydrogens (tertiary/aromatic N) is 1. The number of carbonyl (C=O) groups excluding carboxylic acids is 2. The molecule has 2 N–H and O–H groups in total. The van der Waals surface area contributed by atoms with E-state index in [2.05, 4.69) is 36.6 Å². The third kappa shape index (κ3) is 5.85. The van der Waals surface area contributed by atoms with Crippen LogP contribution in [-0.2, 0) is 9.59 Å². The monoisotopic (exact) mass is 305 g/mol. The minimum Gasteiger partial charge on any atom is -0.358 e. The predicted molar refractivity (Wildman–Crippen MR) is 88.6 cm³/mol. The van der Waals surface area contributed by atoms with Crippen molar-refractivity contribution < 1.29 is 9.59 Å². The Morgan fingerprint density at radius 2 is 1.50 bits per heavy atom. The highest BCUT2D eigenvalue weighted by molar-refractivity contribution is 5.80. The van der Waals surface area contributed by atoms with Gasteiger partial charge in [0, 0.05) is 20.6 Å². The van der Waals surface area contributed by atoms with E-state index >= 15 is 0 Å². The molecule has 122 valence electrons. The molecule has 0 aliphatic heterocycles. The van der Waals surface area contributed by atoms with Crippen molar-refractivity contribution in [1.29, 1.82) is 0 Å². The number of hydrogen-bond donors (Lipinski definition) is 2. The van der Waals surface area contributed by atoms with E-state index in [9.17, 15) is 9.59 Å². The van der Waals surface area contributed by atoms with Gasteiger partial charge in [-0.2, -0.15) is 0 Å². The topological polar surface area (TPSA) is 61.4 Å². The summed E-state index contributed by atoms with van der Waals surface area (Å²) in [5.74, 6) is 0.522. The number of rotatable bonds is 8. The minimum absolute atomic E-state index is 0.0838. The zero-order valence-electron chi connectivity index (χ0n) is 13.9. The molecule has 2 amide bonds. The number of hydrogen-bond acceptors (Lipinski definition) is 3. The van der Waals surface area contributed by atoms with Crippen molar-refractivity contribution in [2.45, 2.75) is 19.8 Å². The van der Waals surface area contributed by atoms with Gasteiger partial charge in [-0.15, -0.1) is 0 Å². The summed E-state index contributed by atoms with van der Waals surface area (Å²) in [7, 11) is 3.22. The number of likely N-dealkylation sites (N-methyl/N-ethyl adjacent to an activating group) is 2. The highest BCUT2D eigenvalue weighted by atomic mass is 16.2. The summed E-state index contributed by atoms with van der Waals surface area (Å²) in [4.78, 5) is 25.3. The van der Waals surface area contributed by atoms with Gasteiger partial charge in [-0.25, -0.2) is 0 Å². The lowest BCUT2D eigenvalue weighted by atomic mass is 9.88. The second-order valence-electron chi connectivity index (χ2n) is 5.78. The Kier molecular flexibility index (Phi) is 7.60. The maximum atomic E-state index is 11.7. The molecule has 0 heterocycles. The highest BCUT2D eigenvalue weighted by Crippen LogP contribution is 2.25.